The summed E-state index contributed by atoms with van der Waals surface area (Å²) in [6.07, 6.45) is 0.596. The Bertz CT molecular complexity index is 457. The number of carbonyl (C=O) groups is 1. The molecule has 0 spiro atoms. The van der Waals surface area contributed by atoms with Gasteiger partial charge in [-0.05, 0) is 36.2 Å². The smallest absolute Gasteiger partial charge is 0.327 e. The number of nitrogens with one attached hydrogen (secondary N) is 1. The first-order valence-electron chi connectivity index (χ1n) is 5.76. The van der Waals surface area contributed by atoms with Crippen molar-refractivity contribution in [2.24, 2.45) is 5.11 Å². The normalized spacial score (nSPS) is 11.5. The lowest BCUT2D eigenvalue weighted by Gasteiger charge is -2.16. The first kappa shape index (κ1) is 14.9. The van der Waals surface area contributed by atoms with Gasteiger partial charge in [-0.2, -0.15) is 0 Å². The highest BCUT2D eigenvalue weighted by Crippen LogP contribution is 2.15. The molecule has 0 aliphatic rings. The average molecular weight is 266 g/mol. The van der Waals surface area contributed by atoms with Crippen molar-refractivity contribution in [3.63, 3.8) is 0 Å². The molecule has 1 rings (SSSR count). The molecule has 7 heteroatoms. The standard InChI is InChI=1S/C12H15FN4O2/c1-19-12(18)11(15-7-2-8-16-17-14)9-3-5-10(13)6-4-9/h3-6,11,15H,2,7-8H2,1H3. The summed E-state index contributed by atoms with van der Waals surface area (Å²) in [5.74, 6) is -0.814. The zero-order valence-corrected chi connectivity index (χ0v) is 10.5. The molecule has 19 heavy (non-hydrogen) atoms. The molecule has 0 aromatic heterocycles. The van der Waals surface area contributed by atoms with Crippen molar-refractivity contribution in [1.29, 1.82) is 0 Å². The van der Waals surface area contributed by atoms with E-state index in [9.17, 15) is 9.18 Å². The quantitative estimate of drug-likeness (QED) is 0.270. The van der Waals surface area contributed by atoms with Gasteiger partial charge in [0.05, 0.1) is 7.11 Å². The topological polar surface area (TPSA) is 87.1 Å². The number of nitrogens with zero attached hydrogens (tertiary/aromatic N) is 3. The molecule has 0 heterocycles. The van der Waals surface area contributed by atoms with Crippen molar-refractivity contribution in [1.82, 2.24) is 5.32 Å². The van der Waals surface area contributed by atoms with Crippen molar-refractivity contribution in [3.8, 4) is 0 Å². The molecule has 1 atom stereocenters. The fourth-order valence-electron chi connectivity index (χ4n) is 1.55. The third kappa shape index (κ3) is 4.95. The van der Waals surface area contributed by atoms with Crippen LogP contribution < -0.4 is 5.32 Å². The maximum Gasteiger partial charge on any atom is 0.327 e. The molecule has 0 amide bonds. The van der Waals surface area contributed by atoms with Gasteiger partial charge in [0.25, 0.3) is 0 Å². The molecule has 1 aromatic carbocycles. The van der Waals surface area contributed by atoms with E-state index >= 15 is 0 Å². The van der Waals surface area contributed by atoms with Crippen molar-refractivity contribution in [2.75, 3.05) is 20.2 Å². The van der Waals surface area contributed by atoms with Gasteiger partial charge in [0.15, 0.2) is 0 Å². The van der Waals surface area contributed by atoms with E-state index in [0.717, 1.165) is 0 Å². The van der Waals surface area contributed by atoms with Gasteiger partial charge in [0.2, 0.25) is 0 Å². The number of esters is 1. The van der Waals surface area contributed by atoms with E-state index in [1.54, 1.807) is 0 Å². The highest BCUT2D eigenvalue weighted by Gasteiger charge is 2.20. The van der Waals surface area contributed by atoms with Gasteiger partial charge < -0.3 is 10.1 Å². The SMILES string of the molecule is COC(=O)C(NCCCN=[N+]=[N-])c1ccc(F)cc1. The lowest BCUT2D eigenvalue weighted by atomic mass is 10.1. The predicted molar refractivity (Wildman–Crippen MR) is 67.8 cm³/mol. The van der Waals surface area contributed by atoms with E-state index in [0.29, 0.717) is 25.1 Å². The fraction of sp³-hybridized carbons (Fsp3) is 0.417. The van der Waals surface area contributed by atoms with Crippen LogP contribution in [0.3, 0.4) is 0 Å². The highest BCUT2D eigenvalue weighted by atomic mass is 19.1. The Hall–Kier alpha value is -2.11. The maximum absolute atomic E-state index is 12.8. The molecule has 1 unspecified atom stereocenters. The Kier molecular flexibility index (Phi) is 6.35. The molecule has 1 aromatic rings. The van der Waals surface area contributed by atoms with Crippen LogP contribution in [0, 0.1) is 5.82 Å². The number of azide groups is 1. The van der Waals surface area contributed by atoms with E-state index in [1.807, 2.05) is 0 Å². The predicted octanol–water partition coefficient (Wildman–Crippen LogP) is 2.33. The van der Waals surface area contributed by atoms with Crippen molar-refractivity contribution < 1.29 is 13.9 Å². The lowest BCUT2D eigenvalue weighted by Crippen LogP contribution is -2.30. The summed E-state index contributed by atoms with van der Waals surface area (Å²) in [5.41, 5.74) is 8.76. The van der Waals surface area contributed by atoms with Crippen LogP contribution in [-0.4, -0.2) is 26.2 Å². The van der Waals surface area contributed by atoms with Crippen molar-refractivity contribution >= 4 is 5.97 Å². The Morgan fingerprint density at radius 2 is 2.21 bits per heavy atom. The number of ether oxygens (including phenoxy) is 1. The second kappa shape index (κ2) is 8.07. The first-order chi connectivity index (χ1) is 9.19. The minimum atomic E-state index is -0.656. The Labute approximate surface area is 110 Å². The highest BCUT2D eigenvalue weighted by molar-refractivity contribution is 5.77. The molecule has 0 saturated heterocycles. The number of hydrogen-bond acceptors (Lipinski definition) is 4. The van der Waals surface area contributed by atoms with Crippen LogP contribution in [0.1, 0.15) is 18.0 Å². The van der Waals surface area contributed by atoms with Gasteiger partial charge in [0, 0.05) is 11.5 Å². The first-order valence-corrected chi connectivity index (χ1v) is 5.76. The van der Waals surface area contributed by atoms with Gasteiger partial charge >= 0.3 is 5.97 Å². The van der Waals surface area contributed by atoms with Crippen LogP contribution in [0.15, 0.2) is 29.4 Å². The molecular weight excluding hydrogens is 251 g/mol. The monoisotopic (exact) mass is 266 g/mol. The zero-order valence-electron chi connectivity index (χ0n) is 10.5. The Balaban J connectivity index is 2.64. The van der Waals surface area contributed by atoms with Crippen LogP contribution in [0.5, 0.6) is 0 Å². The largest absolute Gasteiger partial charge is 0.468 e. The molecule has 0 aliphatic heterocycles. The van der Waals surface area contributed by atoms with E-state index in [-0.39, 0.29) is 5.82 Å². The van der Waals surface area contributed by atoms with Crippen LogP contribution in [0.2, 0.25) is 0 Å². The van der Waals surface area contributed by atoms with Gasteiger partial charge in [0.1, 0.15) is 11.9 Å². The van der Waals surface area contributed by atoms with Gasteiger partial charge in [-0.15, -0.1) is 0 Å². The number of benzene rings is 1. The minimum absolute atomic E-state index is 0.348. The van der Waals surface area contributed by atoms with E-state index in [2.05, 4.69) is 15.3 Å². The lowest BCUT2D eigenvalue weighted by molar-refractivity contribution is -0.143. The van der Waals surface area contributed by atoms with E-state index < -0.39 is 12.0 Å². The van der Waals surface area contributed by atoms with E-state index in [1.165, 1.54) is 31.4 Å². The average Bonchev–Trinajstić information content (AvgIpc) is 2.43. The van der Waals surface area contributed by atoms with Gasteiger partial charge in [-0.1, -0.05) is 17.2 Å². The molecule has 0 radical (unpaired) electrons. The third-order valence-electron chi connectivity index (χ3n) is 2.49. The molecule has 102 valence electrons. The fourth-order valence-corrected chi connectivity index (χ4v) is 1.55. The number of rotatable bonds is 7. The number of carbonyl (C=O) groups excluding carboxylic acids is 1. The summed E-state index contributed by atoms with van der Waals surface area (Å²) >= 11 is 0. The summed E-state index contributed by atoms with van der Waals surface area (Å²) in [5, 5.41) is 6.38. The van der Waals surface area contributed by atoms with Crippen molar-refractivity contribution in [2.45, 2.75) is 12.5 Å². The second-order valence-electron chi connectivity index (χ2n) is 3.77. The summed E-state index contributed by atoms with van der Waals surface area (Å²) in [7, 11) is 1.29. The van der Waals surface area contributed by atoms with Crippen molar-refractivity contribution in [3.05, 3.63) is 46.1 Å². The van der Waals surface area contributed by atoms with Crippen LogP contribution >= 0.6 is 0 Å². The summed E-state index contributed by atoms with van der Waals surface area (Å²) in [6.45, 7) is 0.830. The van der Waals surface area contributed by atoms with Crippen LogP contribution in [0.25, 0.3) is 10.4 Å². The van der Waals surface area contributed by atoms with Gasteiger partial charge in [-0.3, -0.25) is 0 Å². The number of hydrogen-bond donors (Lipinski definition) is 1. The number of methoxy groups -OCH3 is 1. The molecular formula is C12H15FN4O2. The zero-order chi connectivity index (χ0) is 14.1. The van der Waals surface area contributed by atoms with Gasteiger partial charge in [-0.25, -0.2) is 9.18 Å². The third-order valence-corrected chi connectivity index (χ3v) is 2.49. The molecule has 0 aliphatic carbocycles. The molecule has 1 N–H and O–H groups in total. The number of halogens is 1. The van der Waals surface area contributed by atoms with Crippen LogP contribution in [-0.2, 0) is 9.53 Å². The molecule has 0 saturated carbocycles. The minimum Gasteiger partial charge on any atom is -0.468 e. The molecule has 6 nitrogen and oxygen atoms in total. The molecule has 0 fully saturated rings. The van der Waals surface area contributed by atoms with E-state index in [4.69, 9.17) is 10.3 Å². The summed E-state index contributed by atoms with van der Waals surface area (Å²) in [6, 6.07) is 4.96. The summed E-state index contributed by atoms with van der Waals surface area (Å²) < 4.78 is 17.5. The molecule has 0 bridgehead atoms. The van der Waals surface area contributed by atoms with Crippen LogP contribution in [0.4, 0.5) is 4.39 Å². The maximum atomic E-state index is 12.8. The summed E-state index contributed by atoms with van der Waals surface area (Å²) in [4.78, 5) is 14.3. The second-order valence-corrected chi connectivity index (χ2v) is 3.77. The Morgan fingerprint density at radius 3 is 2.79 bits per heavy atom. The Morgan fingerprint density at radius 1 is 1.53 bits per heavy atom.